The summed E-state index contributed by atoms with van der Waals surface area (Å²) in [5.41, 5.74) is 6.97. The predicted octanol–water partition coefficient (Wildman–Crippen LogP) is 1.16. The van der Waals surface area contributed by atoms with E-state index in [4.69, 9.17) is 11.0 Å². The fraction of sp³-hybridized carbons (Fsp3) is 0.364. The summed E-state index contributed by atoms with van der Waals surface area (Å²) in [7, 11) is -0.842. The van der Waals surface area contributed by atoms with Crippen LogP contribution in [0.2, 0.25) is 0 Å². The van der Waals surface area contributed by atoms with Crippen LogP contribution in [-0.4, -0.2) is 16.5 Å². The van der Waals surface area contributed by atoms with Crippen molar-refractivity contribution < 1.29 is 4.21 Å². The zero-order chi connectivity index (χ0) is 11.1. The van der Waals surface area contributed by atoms with Gasteiger partial charge in [-0.2, -0.15) is 5.26 Å². The van der Waals surface area contributed by atoms with Crippen molar-refractivity contribution in [2.24, 2.45) is 5.73 Å². The van der Waals surface area contributed by atoms with E-state index in [1.54, 1.807) is 12.1 Å². The van der Waals surface area contributed by atoms with Crippen LogP contribution in [-0.2, 0) is 16.6 Å². The smallest absolute Gasteiger partial charge is 0.0991 e. The summed E-state index contributed by atoms with van der Waals surface area (Å²) in [5.74, 6) is 1.20. The Labute approximate surface area is 92.4 Å². The maximum absolute atomic E-state index is 11.5. The minimum Gasteiger partial charge on any atom is -0.330 e. The van der Waals surface area contributed by atoms with Crippen molar-refractivity contribution in [3.63, 3.8) is 0 Å². The fourth-order valence-electron chi connectivity index (χ4n) is 1.18. The predicted molar refractivity (Wildman–Crippen MR) is 61.5 cm³/mol. The van der Waals surface area contributed by atoms with Gasteiger partial charge in [-0.1, -0.05) is 12.1 Å². The molecule has 80 valence electrons. The van der Waals surface area contributed by atoms with E-state index in [2.05, 4.69) is 0 Å². The SMILES string of the molecule is N#Cc1ccc(CS(=O)CCCN)cc1. The highest BCUT2D eigenvalue weighted by Crippen LogP contribution is 2.06. The molecule has 15 heavy (non-hydrogen) atoms. The number of nitrogens with zero attached hydrogens (tertiary/aromatic N) is 1. The van der Waals surface area contributed by atoms with Gasteiger partial charge in [-0.25, -0.2) is 0 Å². The summed E-state index contributed by atoms with van der Waals surface area (Å²) in [6, 6.07) is 9.23. The van der Waals surface area contributed by atoms with Gasteiger partial charge in [0.2, 0.25) is 0 Å². The second kappa shape index (κ2) is 6.33. The van der Waals surface area contributed by atoms with Crippen LogP contribution in [0.1, 0.15) is 17.5 Å². The van der Waals surface area contributed by atoms with Gasteiger partial charge in [0.05, 0.1) is 11.6 Å². The lowest BCUT2D eigenvalue weighted by Crippen LogP contribution is -2.07. The third kappa shape index (κ3) is 4.24. The summed E-state index contributed by atoms with van der Waals surface area (Å²) in [6.07, 6.45) is 0.795. The Morgan fingerprint density at radius 2 is 2.00 bits per heavy atom. The van der Waals surface area contributed by atoms with Gasteiger partial charge in [-0.3, -0.25) is 4.21 Å². The molecule has 1 aromatic rings. The van der Waals surface area contributed by atoms with Gasteiger partial charge in [-0.15, -0.1) is 0 Å². The van der Waals surface area contributed by atoms with Crippen molar-refractivity contribution in [2.75, 3.05) is 12.3 Å². The monoisotopic (exact) mass is 222 g/mol. The molecule has 0 heterocycles. The summed E-state index contributed by atoms with van der Waals surface area (Å²) in [4.78, 5) is 0. The van der Waals surface area contributed by atoms with Crippen LogP contribution >= 0.6 is 0 Å². The molecular formula is C11H14N2OS. The van der Waals surface area contributed by atoms with E-state index < -0.39 is 10.8 Å². The molecule has 0 fully saturated rings. The second-order valence-electron chi connectivity index (χ2n) is 3.24. The number of hydrogen-bond acceptors (Lipinski definition) is 3. The molecule has 2 N–H and O–H groups in total. The van der Waals surface area contributed by atoms with Crippen LogP contribution in [0.3, 0.4) is 0 Å². The number of benzene rings is 1. The standard InChI is InChI=1S/C11H14N2OS/c12-6-1-7-15(14)9-11-4-2-10(8-13)3-5-11/h2-5H,1,6-7,9,12H2. The van der Waals surface area contributed by atoms with Crippen molar-refractivity contribution in [2.45, 2.75) is 12.2 Å². The first kappa shape index (κ1) is 11.9. The minimum absolute atomic E-state index is 0.547. The van der Waals surface area contributed by atoms with Gasteiger partial charge in [0, 0.05) is 22.3 Å². The molecule has 1 aromatic carbocycles. The highest BCUT2D eigenvalue weighted by molar-refractivity contribution is 7.84. The van der Waals surface area contributed by atoms with Crippen molar-refractivity contribution in [3.8, 4) is 6.07 Å². The number of rotatable bonds is 5. The van der Waals surface area contributed by atoms with Crippen LogP contribution in [0.4, 0.5) is 0 Å². The summed E-state index contributed by atoms with van der Waals surface area (Å²) in [6.45, 7) is 0.582. The number of nitriles is 1. The van der Waals surface area contributed by atoms with Crippen LogP contribution in [0.5, 0.6) is 0 Å². The van der Waals surface area contributed by atoms with E-state index in [9.17, 15) is 4.21 Å². The molecule has 0 spiro atoms. The van der Waals surface area contributed by atoms with Gasteiger partial charge in [0.15, 0.2) is 0 Å². The Balaban J connectivity index is 2.50. The van der Waals surface area contributed by atoms with Crippen molar-refractivity contribution >= 4 is 10.8 Å². The van der Waals surface area contributed by atoms with E-state index in [1.165, 1.54) is 0 Å². The lowest BCUT2D eigenvalue weighted by atomic mass is 10.2. The maximum atomic E-state index is 11.5. The minimum atomic E-state index is -0.842. The molecule has 4 heteroatoms. The molecule has 0 saturated heterocycles. The van der Waals surface area contributed by atoms with Crippen molar-refractivity contribution in [1.29, 1.82) is 5.26 Å². The third-order valence-corrected chi connectivity index (χ3v) is 3.39. The molecule has 0 aliphatic carbocycles. The van der Waals surface area contributed by atoms with E-state index in [0.717, 1.165) is 12.0 Å². The van der Waals surface area contributed by atoms with Crippen LogP contribution in [0.25, 0.3) is 0 Å². The van der Waals surface area contributed by atoms with Gasteiger partial charge in [-0.05, 0) is 30.7 Å². The maximum Gasteiger partial charge on any atom is 0.0991 e. The van der Waals surface area contributed by atoms with Gasteiger partial charge in [0.25, 0.3) is 0 Å². The fourth-order valence-corrected chi connectivity index (χ4v) is 2.38. The van der Waals surface area contributed by atoms with Crippen LogP contribution in [0.15, 0.2) is 24.3 Å². The normalized spacial score (nSPS) is 12.0. The largest absolute Gasteiger partial charge is 0.330 e. The van der Waals surface area contributed by atoms with Gasteiger partial charge in [0.1, 0.15) is 0 Å². The molecule has 0 saturated carbocycles. The average Bonchev–Trinajstić information content (AvgIpc) is 2.27. The molecule has 3 nitrogen and oxygen atoms in total. The molecule has 0 aromatic heterocycles. The first-order valence-corrected chi connectivity index (χ1v) is 6.29. The van der Waals surface area contributed by atoms with Gasteiger partial charge >= 0.3 is 0 Å². The summed E-state index contributed by atoms with van der Waals surface area (Å²) >= 11 is 0. The first-order valence-electron chi connectivity index (χ1n) is 4.80. The van der Waals surface area contributed by atoms with Crippen LogP contribution in [0, 0.1) is 11.3 Å². The van der Waals surface area contributed by atoms with E-state index >= 15 is 0 Å². The van der Waals surface area contributed by atoms with Crippen molar-refractivity contribution in [3.05, 3.63) is 35.4 Å². The van der Waals surface area contributed by atoms with E-state index in [1.807, 2.05) is 18.2 Å². The van der Waals surface area contributed by atoms with Crippen molar-refractivity contribution in [1.82, 2.24) is 0 Å². The third-order valence-electron chi connectivity index (χ3n) is 1.99. The second-order valence-corrected chi connectivity index (χ2v) is 4.82. The quantitative estimate of drug-likeness (QED) is 0.812. The molecule has 1 atom stereocenters. The van der Waals surface area contributed by atoms with E-state index in [0.29, 0.717) is 23.6 Å². The highest BCUT2D eigenvalue weighted by Gasteiger charge is 2.01. The Hall–Kier alpha value is -1.18. The van der Waals surface area contributed by atoms with Gasteiger partial charge < -0.3 is 5.73 Å². The zero-order valence-electron chi connectivity index (χ0n) is 8.48. The topological polar surface area (TPSA) is 66.9 Å². The Morgan fingerprint density at radius 1 is 1.33 bits per heavy atom. The lowest BCUT2D eigenvalue weighted by Gasteiger charge is -2.01. The molecular weight excluding hydrogens is 208 g/mol. The molecule has 0 aliphatic rings. The molecule has 0 aliphatic heterocycles. The Morgan fingerprint density at radius 3 is 2.53 bits per heavy atom. The first-order chi connectivity index (χ1) is 7.26. The summed E-state index contributed by atoms with van der Waals surface area (Å²) in [5, 5.41) is 8.60. The summed E-state index contributed by atoms with van der Waals surface area (Å²) < 4.78 is 11.5. The number of hydrogen-bond donors (Lipinski definition) is 1. The highest BCUT2D eigenvalue weighted by atomic mass is 32.2. The molecule has 0 radical (unpaired) electrons. The Bertz CT molecular complexity index is 367. The molecule has 0 amide bonds. The molecule has 0 bridgehead atoms. The average molecular weight is 222 g/mol. The zero-order valence-corrected chi connectivity index (χ0v) is 9.30. The van der Waals surface area contributed by atoms with E-state index in [-0.39, 0.29) is 0 Å². The molecule has 1 unspecified atom stereocenters. The van der Waals surface area contributed by atoms with Crippen LogP contribution < -0.4 is 5.73 Å². The lowest BCUT2D eigenvalue weighted by molar-refractivity contribution is 0.680. The molecule has 1 rings (SSSR count). The Kier molecular flexibility index (Phi) is 5.02. The number of nitrogens with two attached hydrogens (primary N) is 1.